The summed E-state index contributed by atoms with van der Waals surface area (Å²) in [6.45, 7) is 6.73. The van der Waals surface area contributed by atoms with Crippen molar-refractivity contribution in [3.05, 3.63) is 95.6 Å². The van der Waals surface area contributed by atoms with E-state index in [1.165, 1.54) is 5.56 Å². The number of nitrogens with zero attached hydrogens (tertiary/aromatic N) is 3. The van der Waals surface area contributed by atoms with E-state index in [1.54, 1.807) is 11.3 Å². The largest absolute Gasteiger partial charge is 0.379 e. The molecule has 1 amide bonds. The molecule has 0 radical (unpaired) electrons. The molecule has 1 aromatic heterocycles. The van der Waals surface area contributed by atoms with Crippen molar-refractivity contribution in [1.29, 1.82) is 0 Å². The highest BCUT2D eigenvalue weighted by Crippen LogP contribution is 2.34. The van der Waals surface area contributed by atoms with Crippen LogP contribution in [0, 0.1) is 6.92 Å². The zero-order chi connectivity index (χ0) is 23.3. The van der Waals surface area contributed by atoms with Gasteiger partial charge in [0.15, 0.2) is 5.13 Å². The minimum Gasteiger partial charge on any atom is -0.379 e. The average molecular weight is 472 g/mol. The predicted octanol–water partition coefficient (Wildman–Crippen LogP) is 5.10. The van der Waals surface area contributed by atoms with Gasteiger partial charge in [0.1, 0.15) is 0 Å². The molecule has 1 aliphatic heterocycles. The summed E-state index contributed by atoms with van der Waals surface area (Å²) in [5.41, 5.74) is 4.12. The molecule has 4 aromatic rings. The Kier molecular flexibility index (Phi) is 7.00. The van der Waals surface area contributed by atoms with Crippen molar-refractivity contribution in [2.24, 2.45) is 0 Å². The van der Waals surface area contributed by atoms with Crippen molar-refractivity contribution in [2.45, 2.75) is 12.8 Å². The first-order valence-corrected chi connectivity index (χ1v) is 12.6. The van der Waals surface area contributed by atoms with Gasteiger partial charge in [-0.05, 0) is 35.7 Å². The van der Waals surface area contributed by atoms with Crippen molar-refractivity contribution in [3.8, 4) is 0 Å². The normalized spacial score (nSPS) is 14.5. The number of carbonyl (C=O) groups is 1. The summed E-state index contributed by atoms with van der Waals surface area (Å²) < 4.78 is 6.62. The van der Waals surface area contributed by atoms with E-state index in [2.05, 4.69) is 24.0 Å². The van der Waals surface area contributed by atoms with Gasteiger partial charge in [0, 0.05) is 26.2 Å². The number of rotatable bonds is 7. The predicted molar refractivity (Wildman–Crippen MR) is 139 cm³/mol. The van der Waals surface area contributed by atoms with Crippen LogP contribution in [0.3, 0.4) is 0 Å². The van der Waals surface area contributed by atoms with Gasteiger partial charge in [0.05, 0.1) is 29.3 Å². The van der Waals surface area contributed by atoms with Crippen molar-refractivity contribution in [1.82, 2.24) is 9.88 Å². The molecule has 0 spiro atoms. The summed E-state index contributed by atoms with van der Waals surface area (Å²) in [6.07, 6.45) is 0. The molecule has 0 N–H and O–H groups in total. The Hall–Kier alpha value is -3.06. The zero-order valence-corrected chi connectivity index (χ0v) is 20.2. The summed E-state index contributed by atoms with van der Waals surface area (Å²) in [6, 6.07) is 26.4. The Balaban J connectivity index is 1.53. The SMILES string of the molecule is Cc1ccc2nc(N(CCN3CCOCC3)C(=O)C(c3ccccc3)c3ccccc3)sc2c1. The summed E-state index contributed by atoms with van der Waals surface area (Å²) >= 11 is 1.59. The summed E-state index contributed by atoms with van der Waals surface area (Å²) in [4.78, 5) is 23.5. The molecule has 0 saturated carbocycles. The number of fused-ring (bicyclic) bond motifs is 1. The third kappa shape index (κ3) is 5.04. The maximum atomic E-state index is 14.3. The number of hydrogen-bond acceptors (Lipinski definition) is 5. The van der Waals surface area contributed by atoms with Gasteiger partial charge in [0.2, 0.25) is 5.91 Å². The van der Waals surface area contributed by atoms with Crippen LogP contribution >= 0.6 is 11.3 Å². The highest BCUT2D eigenvalue weighted by molar-refractivity contribution is 7.22. The Morgan fingerprint density at radius 3 is 2.29 bits per heavy atom. The molecule has 0 aliphatic carbocycles. The van der Waals surface area contributed by atoms with Gasteiger partial charge < -0.3 is 4.74 Å². The number of aromatic nitrogens is 1. The molecule has 2 heterocycles. The summed E-state index contributed by atoms with van der Waals surface area (Å²) in [5.74, 6) is -0.331. The fourth-order valence-electron chi connectivity index (χ4n) is 4.43. The molecule has 1 aliphatic rings. The van der Waals surface area contributed by atoms with Crippen LogP contribution in [0.25, 0.3) is 10.2 Å². The molecule has 6 heteroatoms. The Labute approximate surface area is 204 Å². The third-order valence-electron chi connectivity index (χ3n) is 6.29. The Morgan fingerprint density at radius 2 is 1.65 bits per heavy atom. The van der Waals surface area contributed by atoms with Crippen LogP contribution in [0.2, 0.25) is 0 Å². The van der Waals surface area contributed by atoms with Gasteiger partial charge >= 0.3 is 0 Å². The quantitative estimate of drug-likeness (QED) is 0.376. The monoisotopic (exact) mass is 471 g/mol. The first-order chi connectivity index (χ1) is 16.7. The van der Waals surface area contributed by atoms with Crippen LogP contribution < -0.4 is 4.90 Å². The topological polar surface area (TPSA) is 45.7 Å². The average Bonchev–Trinajstić information content (AvgIpc) is 3.29. The molecule has 5 rings (SSSR count). The van der Waals surface area contributed by atoms with E-state index in [1.807, 2.05) is 71.6 Å². The van der Waals surface area contributed by atoms with Gasteiger partial charge in [-0.15, -0.1) is 0 Å². The van der Waals surface area contributed by atoms with E-state index in [0.29, 0.717) is 6.54 Å². The van der Waals surface area contributed by atoms with Gasteiger partial charge in [-0.3, -0.25) is 14.6 Å². The highest BCUT2D eigenvalue weighted by atomic mass is 32.1. The van der Waals surface area contributed by atoms with Gasteiger partial charge in [0.25, 0.3) is 0 Å². The molecule has 0 bridgehead atoms. The second-order valence-electron chi connectivity index (χ2n) is 8.67. The number of carbonyl (C=O) groups excluding carboxylic acids is 1. The Morgan fingerprint density at radius 1 is 1.00 bits per heavy atom. The van der Waals surface area contributed by atoms with E-state index in [4.69, 9.17) is 9.72 Å². The molecule has 3 aromatic carbocycles. The van der Waals surface area contributed by atoms with Crippen molar-refractivity contribution in [3.63, 3.8) is 0 Å². The summed E-state index contributed by atoms with van der Waals surface area (Å²) in [5, 5.41) is 0.760. The lowest BCUT2D eigenvalue weighted by Crippen LogP contribution is -2.44. The molecule has 0 unspecified atom stereocenters. The number of benzene rings is 3. The fraction of sp³-hybridized carbons (Fsp3) is 0.286. The second-order valence-corrected chi connectivity index (χ2v) is 9.67. The van der Waals surface area contributed by atoms with Crippen LogP contribution in [0.15, 0.2) is 78.9 Å². The van der Waals surface area contributed by atoms with Crippen LogP contribution in [-0.2, 0) is 9.53 Å². The number of hydrogen-bond donors (Lipinski definition) is 0. The van der Waals surface area contributed by atoms with E-state index in [9.17, 15) is 4.79 Å². The Bertz CT molecular complexity index is 1200. The zero-order valence-electron chi connectivity index (χ0n) is 19.4. The molecule has 5 nitrogen and oxygen atoms in total. The number of thiazole rings is 1. The first-order valence-electron chi connectivity index (χ1n) is 11.8. The number of ether oxygens (including phenoxy) is 1. The maximum absolute atomic E-state index is 14.3. The first kappa shape index (κ1) is 22.7. The van der Waals surface area contributed by atoms with E-state index >= 15 is 0 Å². The minimum atomic E-state index is -0.388. The number of amides is 1. The fourth-order valence-corrected chi connectivity index (χ4v) is 5.52. The summed E-state index contributed by atoms with van der Waals surface area (Å²) in [7, 11) is 0. The number of anilines is 1. The van der Waals surface area contributed by atoms with Crippen LogP contribution in [0.4, 0.5) is 5.13 Å². The van der Waals surface area contributed by atoms with Gasteiger partial charge in [-0.1, -0.05) is 78.1 Å². The highest BCUT2D eigenvalue weighted by Gasteiger charge is 2.30. The molecule has 34 heavy (non-hydrogen) atoms. The molecular formula is C28H29N3O2S. The lowest BCUT2D eigenvalue weighted by molar-refractivity contribution is -0.119. The standard InChI is InChI=1S/C28H29N3O2S/c1-21-12-13-24-25(20-21)34-28(29-24)31(15-14-30-16-18-33-19-17-30)27(32)26(22-8-4-2-5-9-22)23-10-6-3-7-11-23/h2-13,20,26H,14-19H2,1H3. The van der Waals surface area contributed by atoms with E-state index in [-0.39, 0.29) is 11.8 Å². The minimum absolute atomic E-state index is 0.0569. The van der Waals surface area contributed by atoms with Crippen LogP contribution in [-0.4, -0.2) is 55.2 Å². The van der Waals surface area contributed by atoms with Gasteiger partial charge in [-0.25, -0.2) is 4.98 Å². The molecule has 1 fully saturated rings. The van der Waals surface area contributed by atoms with E-state index < -0.39 is 0 Å². The lowest BCUT2D eigenvalue weighted by Gasteiger charge is -2.31. The maximum Gasteiger partial charge on any atom is 0.240 e. The van der Waals surface area contributed by atoms with Crippen LogP contribution in [0.5, 0.6) is 0 Å². The van der Waals surface area contributed by atoms with Gasteiger partial charge in [-0.2, -0.15) is 0 Å². The van der Waals surface area contributed by atoms with Crippen LogP contribution in [0.1, 0.15) is 22.6 Å². The molecule has 1 saturated heterocycles. The third-order valence-corrected chi connectivity index (χ3v) is 7.33. The van der Waals surface area contributed by atoms with Crippen molar-refractivity contribution in [2.75, 3.05) is 44.3 Å². The van der Waals surface area contributed by atoms with Crippen molar-refractivity contribution >= 4 is 32.6 Å². The second kappa shape index (κ2) is 10.5. The van der Waals surface area contributed by atoms with E-state index in [0.717, 1.165) is 59.3 Å². The smallest absolute Gasteiger partial charge is 0.240 e. The lowest BCUT2D eigenvalue weighted by atomic mass is 9.90. The molecule has 174 valence electrons. The molecular weight excluding hydrogens is 442 g/mol. The van der Waals surface area contributed by atoms with Crippen molar-refractivity contribution < 1.29 is 9.53 Å². The number of morpholine rings is 1. The number of aryl methyl sites for hydroxylation is 1. The molecule has 0 atom stereocenters.